The van der Waals surface area contributed by atoms with Gasteiger partial charge in [0, 0.05) is 10.0 Å². The molecule has 1 nitrogen and oxygen atoms in total. The van der Waals surface area contributed by atoms with Gasteiger partial charge in [-0.15, -0.1) is 0 Å². The topological polar surface area (TPSA) is 9.23 Å². The summed E-state index contributed by atoms with van der Waals surface area (Å²) < 4.78 is 6.21. The molecule has 0 saturated carbocycles. The number of hydrogen-bond donors (Lipinski definition) is 0. The summed E-state index contributed by atoms with van der Waals surface area (Å²) in [7, 11) is 1.61. The molecule has 0 spiro atoms. The molecule has 1 aromatic rings. The molecule has 0 aliphatic rings. The van der Waals surface area contributed by atoms with E-state index in [2.05, 4.69) is 35.8 Å². The van der Waals surface area contributed by atoms with E-state index in [1.165, 1.54) is 11.1 Å². The van der Waals surface area contributed by atoms with Crippen molar-refractivity contribution in [3.8, 4) is 0 Å². The summed E-state index contributed by atoms with van der Waals surface area (Å²) in [6.45, 7) is 4.36. The van der Waals surface area contributed by atoms with E-state index in [4.69, 9.17) is 17.0 Å². The normalized spacial score (nSPS) is 10.2. The zero-order chi connectivity index (χ0) is 12.1. The van der Waals surface area contributed by atoms with Gasteiger partial charge in [-0.25, -0.2) is 0 Å². The van der Waals surface area contributed by atoms with Crippen molar-refractivity contribution in [1.29, 1.82) is 0 Å². The highest BCUT2D eigenvalue weighted by atomic mass is 79.9. The number of ether oxygens (including phenoxy) is 1. The molecule has 0 aromatic heterocycles. The predicted molar refractivity (Wildman–Crippen MR) is 76.2 cm³/mol. The van der Waals surface area contributed by atoms with Gasteiger partial charge in [-0.1, -0.05) is 26.3 Å². The molecule has 1 aromatic carbocycles. The van der Waals surface area contributed by atoms with Crippen LogP contribution < -0.4 is 0 Å². The van der Waals surface area contributed by atoms with E-state index in [0.29, 0.717) is 5.05 Å². The summed E-state index contributed by atoms with van der Waals surface area (Å²) >= 11 is 8.81. The molecule has 88 valence electrons. The van der Waals surface area contributed by atoms with Crippen LogP contribution in [0.15, 0.2) is 16.6 Å². The summed E-state index contributed by atoms with van der Waals surface area (Å²) in [5.74, 6) is 0. The average molecular weight is 301 g/mol. The van der Waals surface area contributed by atoms with Crippen LogP contribution in [0.2, 0.25) is 0 Å². The summed E-state index contributed by atoms with van der Waals surface area (Å²) in [5, 5.41) is 0.546. The highest BCUT2D eigenvalue weighted by Crippen LogP contribution is 2.27. The van der Waals surface area contributed by atoms with E-state index >= 15 is 0 Å². The second kappa shape index (κ2) is 6.36. The van der Waals surface area contributed by atoms with E-state index < -0.39 is 0 Å². The Morgan fingerprint density at radius 1 is 1.38 bits per heavy atom. The molecule has 1 rings (SSSR count). The van der Waals surface area contributed by atoms with Gasteiger partial charge in [-0.3, -0.25) is 0 Å². The Kier molecular flexibility index (Phi) is 5.42. The number of methoxy groups -OCH3 is 1. The number of aryl methyl sites for hydroxylation is 1. The number of halogens is 1. The van der Waals surface area contributed by atoms with Gasteiger partial charge in [-0.2, -0.15) is 0 Å². The molecule has 0 heterocycles. The Bertz CT molecular complexity index is 388. The first-order valence-corrected chi connectivity index (χ1v) is 6.74. The number of benzene rings is 1. The predicted octanol–water partition coefficient (Wildman–Crippen LogP) is 4.29. The van der Waals surface area contributed by atoms with Crippen LogP contribution in [0.5, 0.6) is 0 Å². The van der Waals surface area contributed by atoms with Crippen LogP contribution >= 0.6 is 28.1 Å². The van der Waals surface area contributed by atoms with E-state index in [-0.39, 0.29) is 0 Å². The number of rotatable bonds is 4. The maximum atomic E-state index is 5.17. The van der Waals surface area contributed by atoms with E-state index in [1.54, 1.807) is 7.11 Å². The summed E-state index contributed by atoms with van der Waals surface area (Å²) in [6.07, 6.45) is 3.28. The van der Waals surface area contributed by atoms with Crippen molar-refractivity contribution in [2.45, 2.75) is 33.1 Å². The molecule has 0 aliphatic heterocycles. The first kappa shape index (κ1) is 13.7. The van der Waals surface area contributed by atoms with Gasteiger partial charge >= 0.3 is 0 Å². The van der Waals surface area contributed by atoms with Crippen LogP contribution in [0.25, 0.3) is 0 Å². The van der Waals surface area contributed by atoms with Gasteiger partial charge in [0.2, 0.25) is 0 Å². The second-order valence-electron chi connectivity index (χ2n) is 3.66. The molecule has 0 bridgehead atoms. The zero-order valence-electron chi connectivity index (χ0n) is 9.97. The van der Waals surface area contributed by atoms with Gasteiger partial charge in [0.05, 0.1) is 7.11 Å². The Hall–Kier alpha value is -0.410. The van der Waals surface area contributed by atoms with Crippen LogP contribution in [-0.2, 0) is 17.6 Å². The van der Waals surface area contributed by atoms with Crippen molar-refractivity contribution in [1.82, 2.24) is 0 Å². The summed E-state index contributed by atoms with van der Waals surface area (Å²) in [6, 6.07) is 4.20. The fraction of sp³-hybridized carbons (Fsp3) is 0.462. The van der Waals surface area contributed by atoms with Gasteiger partial charge in [0.15, 0.2) is 5.05 Å². The van der Waals surface area contributed by atoms with E-state index in [1.807, 2.05) is 6.07 Å². The first-order chi connectivity index (χ1) is 7.65. The van der Waals surface area contributed by atoms with Gasteiger partial charge in [0.1, 0.15) is 0 Å². The SMILES string of the molecule is CCCc1ccc(C(=S)OC)c(Br)c1CC. The Morgan fingerprint density at radius 2 is 2.06 bits per heavy atom. The molecule has 0 amide bonds. The van der Waals surface area contributed by atoms with Gasteiger partial charge < -0.3 is 4.74 Å². The third-order valence-corrected chi connectivity index (χ3v) is 3.91. The average Bonchev–Trinajstić information content (AvgIpc) is 2.29. The Balaban J connectivity index is 3.22. The summed E-state index contributed by atoms with van der Waals surface area (Å²) in [4.78, 5) is 0. The second-order valence-corrected chi connectivity index (χ2v) is 4.82. The lowest BCUT2D eigenvalue weighted by atomic mass is 9.99. The molecule has 0 radical (unpaired) electrons. The lowest BCUT2D eigenvalue weighted by Crippen LogP contribution is -2.04. The smallest absolute Gasteiger partial charge is 0.192 e. The molecule has 0 fully saturated rings. The van der Waals surface area contributed by atoms with Crippen molar-refractivity contribution >= 4 is 33.2 Å². The van der Waals surface area contributed by atoms with Crippen molar-refractivity contribution in [3.05, 3.63) is 33.3 Å². The quantitative estimate of drug-likeness (QED) is 0.767. The molecule has 0 N–H and O–H groups in total. The maximum Gasteiger partial charge on any atom is 0.192 e. The van der Waals surface area contributed by atoms with Crippen LogP contribution in [0, 0.1) is 0 Å². The molecule has 0 unspecified atom stereocenters. The van der Waals surface area contributed by atoms with Crippen LogP contribution in [0.4, 0.5) is 0 Å². The monoisotopic (exact) mass is 300 g/mol. The van der Waals surface area contributed by atoms with E-state index in [0.717, 1.165) is 29.3 Å². The molecule has 0 atom stereocenters. The maximum absolute atomic E-state index is 5.17. The zero-order valence-corrected chi connectivity index (χ0v) is 12.4. The van der Waals surface area contributed by atoms with Crippen molar-refractivity contribution in [3.63, 3.8) is 0 Å². The van der Waals surface area contributed by atoms with Crippen molar-refractivity contribution < 1.29 is 4.74 Å². The minimum absolute atomic E-state index is 0.546. The fourth-order valence-corrected chi connectivity index (χ4v) is 2.96. The van der Waals surface area contributed by atoms with Crippen LogP contribution in [0.3, 0.4) is 0 Å². The third kappa shape index (κ3) is 2.83. The summed E-state index contributed by atoms with van der Waals surface area (Å²) in [5.41, 5.74) is 3.73. The molecule has 0 saturated heterocycles. The molecule has 0 aliphatic carbocycles. The standard InChI is InChI=1S/C13H17BrOS/c1-4-6-9-7-8-11(13(16)15-3)12(14)10(9)5-2/h7-8H,4-6H2,1-3H3. The van der Waals surface area contributed by atoms with Crippen molar-refractivity contribution in [2.24, 2.45) is 0 Å². The minimum Gasteiger partial charge on any atom is -0.486 e. The van der Waals surface area contributed by atoms with Crippen LogP contribution in [0.1, 0.15) is 37.0 Å². The highest BCUT2D eigenvalue weighted by Gasteiger charge is 2.12. The molecule has 16 heavy (non-hydrogen) atoms. The number of hydrogen-bond acceptors (Lipinski definition) is 2. The van der Waals surface area contributed by atoms with Crippen LogP contribution in [-0.4, -0.2) is 12.2 Å². The highest BCUT2D eigenvalue weighted by molar-refractivity contribution is 9.10. The molecular formula is C13H17BrOS. The third-order valence-electron chi connectivity index (χ3n) is 2.62. The van der Waals surface area contributed by atoms with Gasteiger partial charge in [0.25, 0.3) is 0 Å². The fourth-order valence-electron chi connectivity index (χ4n) is 1.81. The Labute approximate surface area is 111 Å². The van der Waals surface area contributed by atoms with Crippen molar-refractivity contribution in [2.75, 3.05) is 7.11 Å². The molecule has 3 heteroatoms. The van der Waals surface area contributed by atoms with Gasteiger partial charge in [-0.05, 0) is 58.2 Å². The number of thiocarbonyl (C=S) groups is 1. The Morgan fingerprint density at radius 3 is 2.56 bits per heavy atom. The van der Waals surface area contributed by atoms with E-state index in [9.17, 15) is 0 Å². The lowest BCUT2D eigenvalue weighted by molar-refractivity contribution is 0.415. The first-order valence-electron chi connectivity index (χ1n) is 5.54. The largest absolute Gasteiger partial charge is 0.486 e. The minimum atomic E-state index is 0.546. The molecular weight excluding hydrogens is 284 g/mol. The lowest BCUT2D eigenvalue weighted by Gasteiger charge is -2.13.